The van der Waals surface area contributed by atoms with Crippen LogP contribution in [0.15, 0.2) is 27.2 Å². The molecule has 1 aromatic carbocycles. The maximum absolute atomic E-state index is 13.1. The Bertz CT molecular complexity index is 515. The molecule has 0 aliphatic heterocycles. The summed E-state index contributed by atoms with van der Waals surface area (Å²) in [6.07, 6.45) is 0.672. The second-order valence-corrected chi connectivity index (χ2v) is 4.35. The molecule has 0 saturated heterocycles. The van der Waals surface area contributed by atoms with E-state index in [1.165, 1.54) is 6.07 Å². The van der Waals surface area contributed by atoms with Crippen molar-refractivity contribution in [1.29, 1.82) is 0 Å². The Kier molecular flexibility index (Phi) is 3.86. The molecule has 0 fully saturated rings. The number of nitrogens with one attached hydrogen (secondary N) is 1. The predicted octanol–water partition coefficient (Wildman–Crippen LogP) is 2.40. The maximum Gasteiger partial charge on any atom is 0.228 e. The molecule has 0 spiro atoms. The number of hydrogen-bond donors (Lipinski definition) is 1. The minimum absolute atomic E-state index is 0.312. The van der Waals surface area contributed by atoms with Crippen molar-refractivity contribution in [3.05, 3.63) is 34.4 Å². The van der Waals surface area contributed by atoms with Crippen LogP contribution in [0, 0.1) is 5.82 Å². The van der Waals surface area contributed by atoms with E-state index in [-0.39, 0.29) is 5.82 Å². The first-order valence-corrected chi connectivity index (χ1v) is 5.92. The zero-order valence-electron chi connectivity index (χ0n) is 9.20. The highest BCUT2D eigenvalue weighted by molar-refractivity contribution is 9.10. The highest BCUT2D eigenvalue weighted by Crippen LogP contribution is 2.23. The van der Waals surface area contributed by atoms with Crippen LogP contribution in [0.25, 0.3) is 11.4 Å². The number of benzene rings is 1. The summed E-state index contributed by atoms with van der Waals surface area (Å²) in [7, 11) is 1.86. The molecule has 2 rings (SSSR count). The lowest BCUT2D eigenvalue weighted by Gasteiger charge is -1.96. The summed E-state index contributed by atoms with van der Waals surface area (Å²) in [5, 5.41) is 6.85. The third-order valence-corrected chi connectivity index (χ3v) is 2.84. The van der Waals surface area contributed by atoms with Crippen LogP contribution in [0.5, 0.6) is 0 Å². The molecule has 0 amide bonds. The van der Waals surface area contributed by atoms with Gasteiger partial charge in [-0.05, 0) is 41.2 Å². The van der Waals surface area contributed by atoms with Gasteiger partial charge in [-0.25, -0.2) is 4.39 Å². The van der Waals surface area contributed by atoms with Gasteiger partial charge in [-0.15, -0.1) is 0 Å². The fourth-order valence-electron chi connectivity index (χ4n) is 1.34. The van der Waals surface area contributed by atoms with Gasteiger partial charge in [-0.1, -0.05) is 5.16 Å². The van der Waals surface area contributed by atoms with E-state index in [0.717, 1.165) is 12.1 Å². The van der Waals surface area contributed by atoms with Crippen molar-refractivity contribution in [2.24, 2.45) is 0 Å². The number of aromatic nitrogens is 2. The predicted molar refractivity (Wildman–Crippen MR) is 65.0 cm³/mol. The Labute approximate surface area is 106 Å². The minimum Gasteiger partial charge on any atom is -0.339 e. The molecule has 90 valence electrons. The van der Waals surface area contributed by atoms with Crippen molar-refractivity contribution in [2.75, 3.05) is 13.6 Å². The van der Waals surface area contributed by atoms with Crippen LogP contribution in [-0.4, -0.2) is 23.7 Å². The second kappa shape index (κ2) is 5.37. The van der Waals surface area contributed by atoms with Crippen molar-refractivity contribution in [1.82, 2.24) is 15.5 Å². The molecule has 0 atom stereocenters. The molecule has 0 unspecified atom stereocenters. The summed E-state index contributed by atoms with van der Waals surface area (Å²) in [5.74, 6) is 0.722. The Morgan fingerprint density at radius 1 is 1.47 bits per heavy atom. The van der Waals surface area contributed by atoms with Crippen molar-refractivity contribution in [3.63, 3.8) is 0 Å². The number of halogens is 2. The van der Waals surface area contributed by atoms with E-state index in [4.69, 9.17) is 4.52 Å². The third kappa shape index (κ3) is 2.89. The molecule has 0 saturated carbocycles. The molecule has 17 heavy (non-hydrogen) atoms. The van der Waals surface area contributed by atoms with Gasteiger partial charge in [0.05, 0.1) is 4.47 Å². The summed E-state index contributed by atoms with van der Waals surface area (Å²) in [6, 6.07) is 4.61. The standard InChI is InChI=1S/C11H11BrFN3O/c1-14-5-4-10-15-11(16-17-10)7-2-3-9(13)8(12)6-7/h2-3,6,14H,4-5H2,1H3. The van der Waals surface area contributed by atoms with Crippen LogP contribution in [0.1, 0.15) is 5.89 Å². The van der Waals surface area contributed by atoms with Gasteiger partial charge in [-0.3, -0.25) is 0 Å². The Morgan fingerprint density at radius 3 is 3.00 bits per heavy atom. The lowest BCUT2D eigenvalue weighted by atomic mass is 10.2. The number of likely N-dealkylation sites (N-methyl/N-ethyl adjacent to an activating group) is 1. The van der Waals surface area contributed by atoms with E-state index >= 15 is 0 Å². The fraction of sp³-hybridized carbons (Fsp3) is 0.273. The number of hydrogen-bond acceptors (Lipinski definition) is 4. The quantitative estimate of drug-likeness (QED) is 0.942. The van der Waals surface area contributed by atoms with Gasteiger partial charge >= 0.3 is 0 Å². The van der Waals surface area contributed by atoms with E-state index in [2.05, 4.69) is 31.4 Å². The Balaban J connectivity index is 2.21. The van der Waals surface area contributed by atoms with Gasteiger partial charge < -0.3 is 9.84 Å². The fourth-order valence-corrected chi connectivity index (χ4v) is 1.72. The Hall–Kier alpha value is -1.27. The summed E-state index contributed by atoms with van der Waals surface area (Å²) >= 11 is 3.12. The first-order chi connectivity index (χ1) is 8.20. The monoisotopic (exact) mass is 299 g/mol. The molecule has 0 bridgehead atoms. The van der Waals surface area contributed by atoms with Crippen LogP contribution in [-0.2, 0) is 6.42 Å². The van der Waals surface area contributed by atoms with E-state index in [1.807, 2.05) is 7.05 Å². The normalized spacial score (nSPS) is 10.8. The van der Waals surface area contributed by atoms with E-state index in [0.29, 0.717) is 22.6 Å². The molecule has 2 aromatic rings. The number of nitrogens with zero attached hydrogens (tertiary/aromatic N) is 2. The van der Waals surface area contributed by atoms with Crippen molar-refractivity contribution in [3.8, 4) is 11.4 Å². The summed E-state index contributed by atoms with van der Waals surface area (Å²) in [4.78, 5) is 4.23. The minimum atomic E-state index is -0.312. The first kappa shape index (κ1) is 12.2. The van der Waals surface area contributed by atoms with E-state index in [1.54, 1.807) is 12.1 Å². The van der Waals surface area contributed by atoms with Gasteiger partial charge in [0.25, 0.3) is 0 Å². The van der Waals surface area contributed by atoms with Crippen LogP contribution in [0.3, 0.4) is 0 Å². The van der Waals surface area contributed by atoms with Crippen molar-refractivity contribution < 1.29 is 8.91 Å². The van der Waals surface area contributed by atoms with Gasteiger partial charge in [-0.2, -0.15) is 4.98 Å². The van der Waals surface area contributed by atoms with Crippen molar-refractivity contribution in [2.45, 2.75) is 6.42 Å². The van der Waals surface area contributed by atoms with Gasteiger partial charge in [0, 0.05) is 18.5 Å². The van der Waals surface area contributed by atoms with Crippen LogP contribution in [0.4, 0.5) is 4.39 Å². The van der Waals surface area contributed by atoms with E-state index in [9.17, 15) is 4.39 Å². The van der Waals surface area contributed by atoms with Crippen LogP contribution in [0.2, 0.25) is 0 Å². The first-order valence-electron chi connectivity index (χ1n) is 5.13. The summed E-state index contributed by atoms with van der Waals surface area (Å²) in [6.45, 7) is 0.773. The molecular weight excluding hydrogens is 289 g/mol. The lowest BCUT2D eigenvalue weighted by molar-refractivity contribution is 0.377. The average molecular weight is 300 g/mol. The van der Waals surface area contributed by atoms with Gasteiger partial charge in [0.2, 0.25) is 11.7 Å². The molecule has 4 nitrogen and oxygen atoms in total. The van der Waals surface area contributed by atoms with Crippen LogP contribution < -0.4 is 5.32 Å². The number of rotatable bonds is 4. The third-order valence-electron chi connectivity index (χ3n) is 2.23. The smallest absolute Gasteiger partial charge is 0.228 e. The molecule has 0 aliphatic rings. The highest BCUT2D eigenvalue weighted by atomic mass is 79.9. The second-order valence-electron chi connectivity index (χ2n) is 3.49. The van der Waals surface area contributed by atoms with Crippen LogP contribution >= 0.6 is 15.9 Å². The molecule has 6 heteroatoms. The van der Waals surface area contributed by atoms with Gasteiger partial charge in [0.1, 0.15) is 5.82 Å². The molecule has 1 N–H and O–H groups in total. The molecule has 0 radical (unpaired) electrons. The largest absolute Gasteiger partial charge is 0.339 e. The molecular formula is C11H11BrFN3O. The maximum atomic E-state index is 13.1. The molecule has 1 aromatic heterocycles. The average Bonchev–Trinajstić information content (AvgIpc) is 2.79. The topological polar surface area (TPSA) is 51.0 Å². The lowest BCUT2D eigenvalue weighted by Crippen LogP contribution is -2.10. The highest BCUT2D eigenvalue weighted by Gasteiger charge is 2.09. The summed E-state index contributed by atoms with van der Waals surface area (Å²) in [5.41, 5.74) is 0.720. The zero-order chi connectivity index (χ0) is 12.3. The van der Waals surface area contributed by atoms with Crippen molar-refractivity contribution >= 4 is 15.9 Å². The SMILES string of the molecule is CNCCc1nc(-c2ccc(F)c(Br)c2)no1. The molecule has 0 aliphatic carbocycles. The zero-order valence-corrected chi connectivity index (χ0v) is 10.8. The molecule has 1 heterocycles. The van der Waals surface area contributed by atoms with E-state index < -0.39 is 0 Å². The Morgan fingerprint density at radius 2 is 2.29 bits per heavy atom. The summed E-state index contributed by atoms with van der Waals surface area (Å²) < 4.78 is 18.5. The van der Waals surface area contributed by atoms with Gasteiger partial charge in [0.15, 0.2) is 0 Å².